The van der Waals surface area contributed by atoms with Gasteiger partial charge in [0.1, 0.15) is 63.0 Å². The van der Waals surface area contributed by atoms with E-state index in [1.54, 1.807) is 48.9 Å². The smallest absolute Gasteiger partial charge is 0.325 e. The minimum atomic E-state index is -1.01. The second-order valence-corrected chi connectivity index (χ2v) is 22.7. The molecule has 0 bridgehead atoms. The summed E-state index contributed by atoms with van der Waals surface area (Å²) in [5, 5.41) is 36.8. The number of hydrogen-bond acceptors (Lipinski definition) is 17. The Kier molecular flexibility index (Phi) is 20.8. The predicted molar refractivity (Wildman–Crippen MR) is 351 cm³/mol. The van der Waals surface area contributed by atoms with E-state index in [1.807, 2.05) is 93.0 Å². The first-order valence-electron chi connectivity index (χ1n) is 26.9. The molecule has 10 heterocycles. The number of benzene rings is 2. The first kappa shape index (κ1) is 66.1. The fraction of sp³-hybridized carbons (Fsp3) is 0.288. The quantitative estimate of drug-likeness (QED) is 0.0655. The summed E-state index contributed by atoms with van der Waals surface area (Å²) in [6.45, 7) is 6.19. The molecule has 10 aromatic rings. The average Bonchev–Trinajstić information content (AvgIpc) is 3.27. The summed E-state index contributed by atoms with van der Waals surface area (Å²) in [6, 6.07) is 29.7. The first-order chi connectivity index (χ1) is 40.9. The van der Waals surface area contributed by atoms with Crippen LogP contribution >= 0.6 is 57.8 Å². The number of ketones is 2. The van der Waals surface area contributed by atoms with Crippen molar-refractivity contribution >= 4 is 160 Å². The number of nitrogens with one attached hydrogen (secondary N) is 3. The number of likely N-dealkylation sites (tertiary alicyclic amines) is 1. The van der Waals surface area contributed by atoms with Crippen LogP contribution in [0.4, 0.5) is 11.6 Å². The van der Waals surface area contributed by atoms with Gasteiger partial charge in [-0.05, 0) is 167 Å². The van der Waals surface area contributed by atoms with Crippen LogP contribution in [0.25, 0.3) is 55.4 Å². The van der Waals surface area contributed by atoms with Gasteiger partial charge in [0.05, 0.1) is 17.1 Å². The zero-order valence-corrected chi connectivity index (χ0v) is 53.4. The summed E-state index contributed by atoms with van der Waals surface area (Å²) < 4.78 is 7.68. The molecule has 2 aliphatic heterocycles. The highest BCUT2D eigenvalue weighted by atomic mass is 79.9. The zero-order chi connectivity index (χ0) is 60.0. The molecular formula is C59H59Br2ClN16O7S3. The molecule has 0 spiro atoms. The number of nitrogens with zero attached hydrogens (tertiary/aromatic N) is 13. The van der Waals surface area contributed by atoms with E-state index in [2.05, 4.69) is 111 Å². The maximum atomic E-state index is 13.7. The van der Waals surface area contributed by atoms with Crippen molar-refractivity contribution in [2.24, 2.45) is 11.8 Å². The lowest BCUT2D eigenvalue weighted by Crippen LogP contribution is -2.46. The number of pyridine rings is 4. The van der Waals surface area contributed by atoms with E-state index in [0.29, 0.717) is 73.8 Å². The van der Waals surface area contributed by atoms with Gasteiger partial charge in [0.2, 0.25) is 17.7 Å². The van der Waals surface area contributed by atoms with E-state index in [4.69, 9.17) is 5.11 Å². The molecule has 4 aliphatic rings. The van der Waals surface area contributed by atoms with Crippen LogP contribution in [0.1, 0.15) is 79.6 Å². The molecule has 3 amide bonds. The number of aryl methyl sites for hydroxylation is 2. The number of carbonyl (C=O) groups is 6. The number of halogens is 3. The molecule has 29 heteroatoms. The number of anilines is 2. The molecule has 8 aromatic heterocycles. The molecule has 4 fully saturated rings. The summed E-state index contributed by atoms with van der Waals surface area (Å²) >= 11 is 13.9. The summed E-state index contributed by atoms with van der Waals surface area (Å²) in [5.74, 6) is 1.60. The topological polar surface area (TPSA) is 284 Å². The summed E-state index contributed by atoms with van der Waals surface area (Å²) in [5.41, 5.74) is 6.94. The van der Waals surface area contributed by atoms with Gasteiger partial charge in [-0.3, -0.25) is 38.1 Å². The van der Waals surface area contributed by atoms with Crippen LogP contribution in [0, 0.1) is 25.7 Å². The van der Waals surface area contributed by atoms with E-state index in [1.165, 1.54) is 25.0 Å². The molecule has 456 valence electrons. The minimum Gasteiger partial charge on any atom is -0.480 e. The Balaban J connectivity index is 0.000000183. The van der Waals surface area contributed by atoms with Crippen LogP contribution in [0.3, 0.4) is 0 Å². The fourth-order valence-corrected chi connectivity index (χ4v) is 11.8. The predicted octanol–water partition coefficient (Wildman–Crippen LogP) is 9.08. The van der Waals surface area contributed by atoms with Crippen LogP contribution < -0.4 is 16.0 Å². The average molecular weight is 1400 g/mol. The number of carboxylic acids is 1. The number of carbonyl (C=O) groups excluding carboxylic acids is 5. The normalized spacial score (nSPS) is 18.1. The summed E-state index contributed by atoms with van der Waals surface area (Å²) in [7, 11) is 0. The molecule has 0 radical (unpaired) electrons. The number of amides is 3. The Labute approximate surface area is 543 Å². The highest BCUT2D eigenvalue weighted by Crippen LogP contribution is 2.48. The Morgan fingerprint density at radius 1 is 0.614 bits per heavy atom. The number of aliphatic carboxylic acids is 1. The molecule has 2 aliphatic carbocycles. The SMILES string of the molecule is C.CC(=O)c1nn(CC(=O)N2[C@@H]3C[C@@H]3C[C@H]2C(=O)Nc2cccc(Br)n2)c2ccc(-c3ccc4nc(C)nn4c3)cc12.CC(=O)c1nn(CC(=O)O)c2ccc(-c3ccc4nc(C)nn4c3)cc12.Cl.O=C(Nc1cccc(Br)n1)[C@@H]1C[C@H]2C[C@H]2N1.S.S=S. The largest absolute Gasteiger partial charge is 0.480 e. The fourth-order valence-electron chi connectivity index (χ4n) is 11.1. The number of carboxylic acid groups (broad SMARTS) is 1. The third-order valence-corrected chi connectivity index (χ3v) is 16.0. The summed E-state index contributed by atoms with van der Waals surface area (Å²) in [4.78, 5) is 93.1. The highest BCUT2D eigenvalue weighted by molar-refractivity contribution is 9.10. The lowest BCUT2D eigenvalue weighted by Gasteiger charge is -2.26. The van der Waals surface area contributed by atoms with Gasteiger partial charge in [0, 0.05) is 82.6 Å². The van der Waals surface area contributed by atoms with Gasteiger partial charge in [0.15, 0.2) is 22.9 Å². The lowest BCUT2D eigenvalue weighted by molar-refractivity contribution is -0.138. The van der Waals surface area contributed by atoms with Crippen LogP contribution in [0.5, 0.6) is 0 Å². The molecule has 23 nitrogen and oxygen atoms in total. The van der Waals surface area contributed by atoms with Gasteiger partial charge < -0.3 is 26.0 Å². The highest BCUT2D eigenvalue weighted by Gasteiger charge is 2.56. The zero-order valence-electron chi connectivity index (χ0n) is 46.8. The number of aromatic nitrogens is 12. The summed E-state index contributed by atoms with van der Waals surface area (Å²) in [6.07, 6.45) is 7.47. The van der Waals surface area contributed by atoms with E-state index >= 15 is 0 Å². The number of fused-ring (bicyclic) bond motifs is 6. The van der Waals surface area contributed by atoms with E-state index < -0.39 is 12.0 Å². The van der Waals surface area contributed by atoms with Gasteiger partial charge in [-0.1, -0.05) is 31.7 Å². The third kappa shape index (κ3) is 14.3. The molecule has 14 rings (SSSR count). The third-order valence-electron chi connectivity index (χ3n) is 15.1. The maximum Gasteiger partial charge on any atom is 0.325 e. The van der Waals surface area contributed by atoms with Gasteiger partial charge in [-0.2, -0.15) is 33.9 Å². The molecule has 2 saturated carbocycles. The molecule has 88 heavy (non-hydrogen) atoms. The van der Waals surface area contributed by atoms with Crippen molar-refractivity contribution in [1.82, 2.24) is 68.9 Å². The van der Waals surface area contributed by atoms with Crippen molar-refractivity contribution < 1.29 is 33.9 Å². The Morgan fingerprint density at radius 3 is 1.57 bits per heavy atom. The molecule has 0 unspecified atom stereocenters. The maximum absolute atomic E-state index is 13.7. The van der Waals surface area contributed by atoms with Crippen LogP contribution in [-0.4, -0.2) is 128 Å². The molecule has 6 atom stereocenters. The second kappa shape index (κ2) is 27.7. The van der Waals surface area contributed by atoms with Crippen molar-refractivity contribution in [3.05, 3.63) is 142 Å². The first-order valence-corrected chi connectivity index (χ1v) is 29.8. The van der Waals surface area contributed by atoms with E-state index in [0.717, 1.165) is 56.9 Å². The van der Waals surface area contributed by atoms with Gasteiger partial charge in [-0.25, -0.2) is 29.0 Å². The Bertz CT molecular complexity index is 4340. The van der Waals surface area contributed by atoms with E-state index in [-0.39, 0.29) is 93.5 Å². The van der Waals surface area contributed by atoms with Crippen molar-refractivity contribution in [1.29, 1.82) is 0 Å². The van der Waals surface area contributed by atoms with Crippen molar-refractivity contribution in [3.8, 4) is 22.3 Å². The van der Waals surface area contributed by atoms with Gasteiger partial charge in [0.25, 0.3) is 0 Å². The molecule has 2 saturated heterocycles. The van der Waals surface area contributed by atoms with Gasteiger partial charge in [-0.15, -0.1) is 12.4 Å². The Hall–Kier alpha value is -7.86. The van der Waals surface area contributed by atoms with Gasteiger partial charge >= 0.3 is 5.97 Å². The lowest BCUT2D eigenvalue weighted by atomic mass is 10.0. The minimum absolute atomic E-state index is 0. The number of piperidine rings is 2. The van der Waals surface area contributed by atoms with Crippen molar-refractivity contribution in [2.75, 3.05) is 10.6 Å². The molecular weight excluding hydrogens is 1340 g/mol. The second-order valence-electron chi connectivity index (χ2n) is 21.1. The number of Topliss-reactive ketones (excluding diaryl/α,β-unsaturated/α-hetero) is 2. The van der Waals surface area contributed by atoms with Crippen molar-refractivity contribution in [3.63, 3.8) is 0 Å². The standard InChI is InChI=1S/C29H25BrN8O3.C18H15N5O3.C11H12BrN3O.CH4.ClH.S2.H2S/c1-15(39)28-20-10-17(18-7-9-26-31-16(2)34-37(26)13-18)6-8-21(20)36(35-28)14-27(40)38-22-11-19(22)12-23(38)29(41)33-25-5-3-4-24(30)32-25;1-10(24)18-14-7-12(3-5-15(14)22(21-18)9-17(25)26)13-4-6-16-19-11(2)20-23(16)8-13;12-9-2-1-3-10(14-9)15-11(16)8-5-6-4-7(6)13-8;;;1-2;/h3-10,13,19,22-23H,11-12,14H2,1-2H3,(H,32,33,41);3-8H,9H2,1-2H3,(H,25,26);1-3,6-8,13H,4-5H2,(H,14,15,16);1H4;1H;;1H2/t19-,22-,23+;;6-,7-,8+;;;;/m1.1..../s1. The molecule has 2 aromatic carbocycles. The van der Waals surface area contributed by atoms with Crippen LogP contribution in [0.15, 0.2) is 119 Å². The van der Waals surface area contributed by atoms with Crippen molar-refractivity contribution in [2.45, 2.75) is 98.1 Å². The van der Waals surface area contributed by atoms with E-state index in [9.17, 15) is 28.8 Å². The number of hydrogen-bond donors (Lipinski definition) is 4. The van der Waals surface area contributed by atoms with Crippen LogP contribution in [0.2, 0.25) is 0 Å². The monoisotopic (exact) mass is 1390 g/mol. The number of rotatable bonds is 12. The molecule has 4 N–H and O–H groups in total. The van der Waals surface area contributed by atoms with Crippen LogP contribution in [-0.2, 0) is 54.6 Å². The Morgan fingerprint density at radius 2 is 1.10 bits per heavy atom.